The van der Waals surface area contributed by atoms with Crippen LogP contribution in [0, 0.1) is 6.92 Å². The highest BCUT2D eigenvalue weighted by Crippen LogP contribution is 2.21. The Balaban J connectivity index is 1.89. The lowest BCUT2D eigenvalue weighted by Crippen LogP contribution is -2.47. The summed E-state index contributed by atoms with van der Waals surface area (Å²) in [6, 6.07) is 6.30. The zero-order valence-corrected chi connectivity index (χ0v) is 12.1. The lowest BCUT2D eigenvalue weighted by Gasteiger charge is -2.35. The number of ether oxygens (including phenoxy) is 2. The van der Waals surface area contributed by atoms with Gasteiger partial charge in [0.15, 0.2) is 0 Å². The number of hydrogen-bond donors (Lipinski definition) is 1. The third kappa shape index (κ3) is 3.85. The second-order valence-electron chi connectivity index (χ2n) is 5.42. The van der Waals surface area contributed by atoms with E-state index in [-0.39, 0.29) is 6.10 Å². The Kier molecular flexibility index (Phi) is 4.66. The molecule has 1 aliphatic heterocycles. The van der Waals surface area contributed by atoms with Gasteiger partial charge in [0.05, 0.1) is 6.61 Å². The molecule has 1 aliphatic rings. The molecule has 0 saturated carbocycles. The molecule has 1 unspecified atom stereocenters. The third-order valence-electron chi connectivity index (χ3n) is 3.54. The van der Waals surface area contributed by atoms with E-state index in [1.54, 1.807) is 0 Å². The Morgan fingerprint density at radius 3 is 3.00 bits per heavy atom. The van der Waals surface area contributed by atoms with E-state index in [0.717, 1.165) is 36.7 Å². The van der Waals surface area contributed by atoms with Gasteiger partial charge in [-0.25, -0.2) is 0 Å². The van der Waals surface area contributed by atoms with Crippen LogP contribution in [0.5, 0.6) is 5.75 Å². The summed E-state index contributed by atoms with van der Waals surface area (Å²) in [5, 5.41) is 0. The predicted octanol–water partition coefficient (Wildman–Crippen LogP) is 2.07. The predicted molar refractivity (Wildman–Crippen MR) is 77.5 cm³/mol. The molecule has 19 heavy (non-hydrogen) atoms. The first-order chi connectivity index (χ1) is 9.06. The van der Waals surface area contributed by atoms with Crippen molar-refractivity contribution in [1.82, 2.24) is 4.90 Å². The minimum Gasteiger partial charge on any atom is -0.490 e. The van der Waals surface area contributed by atoms with E-state index >= 15 is 0 Å². The van der Waals surface area contributed by atoms with Crippen LogP contribution in [0.15, 0.2) is 18.2 Å². The molecule has 0 radical (unpaired) electrons. The van der Waals surface area contributed by atoms with Gasteiger partial charge in [-0.1, -0.05) is 6.07 Å². The smallest absolute Gasteiger partial charge is 0.124 e. The average molecular weight is 264 g/mol. The van der Waals surface area contributed by atoms with Gasteiger partial charge < -0.3 is 15.2 Å². The molecule has 0 spiro atoms. The number of hydrogen-bond acceptors (Lipinski definition) is 4. The van der Waals surface area contributed by atoms with E-state index in [1.165, 1.54) is 0 Å². The van der Waals surface area contributed by atoms with Crippen molar-refractivity contribution in [2.24, 2.45) is 0 Å². The quantitative estimate of drug-likeness (QED) is 0.846. The number of benzene rings is 1. The molecule has 1 heterocycles. The standard InChI is InChI=1S/C15H24N2O2/c1-11(2)17-6-7-18-14(9-17)10-19-15-8-13(16)5-4-12(15)3/h4-5,8,11,14H,6-7,9-10,16H2,1-3H3. The van der Waals surface area contributed by atoms with E-state index in [4.69, 9.17) is 15.2 Å². The van der Waals surface area contributed by atoms with E-state index in [1.807, 2.05) is 25.1 Å². The maximum Gasteiger partial charge on any atom is 0.124 e. The van der Waals surface area contributed by atoms with Crippen molar-refractivity contribution in [2.75, 3.05) is 32.0 Å². The van der Waals surface area contributed by atoms with Crippen LogP contribution in [0.3, 0.4) is 0 Å². The van der Waals surface area contributed by atoms with Crippen LogP contribution in [0.2, 0.25) is 0 Å². The molecule has 0 amide bonds. The molecular weight excluding hydrogens is 240 g/mol. The van der Waals surface area contributed by atoms with Gasteiger partial charge in [0.2, 0.25) is 0 Å². The fourth-order valence-corrected chi connectivity index (χ4v) is 2.27. The summed E-state index contributed by atoms with van der Waals surface area (Å²) in [6.45, 7) is 9.74. The van der Waals surface area contributed by atoms with Crippen molar-refractivity contribution in [3.05, 3.63) is 23.8 Å². The summed E-state index contributed by atoms with van der Waals surface area (Å²) in [5.74, 6) is 0.852. The summed E-state index contributed by atoms with van der Waals surface area (Å²) in [7, 11) is 0. The largest absolute Gasteiger partial charge is 0.490 e. The molecule has 0 bridgehead atoms. The number of nitrogens with zero attached hydrogens (tertiary/aromatic N) is 1. The first-order valence-electron chi connectivity index (χ1n) is 6.91. The number of nitrogen functional groups attached to an aromatic ring is 1. The highest BCUT2D eigenvalue weighted by molar-refractivity contribution is 5.47. The first-order valence-corrected chi connectivity index (χ1v) is 6.91. The molecule has 2 rings (SSSR count). The second kappa shape index (κ2) is 6.26. The number of morpholine rings is 1. The highest BCUT2D eigenvalue weighted by atomic mass is 16.5. The van der Waals surface area contributed by atoms with Crippen LogP contribution in [0.1, 0.15) is 19.4 Å². The lowest BCUT2D eigenvalue weighted by atomic mass is 10.2. The Morgan fingerprint density at radius 2 is 2.26 bits per heavy atom. The topological polar surface area (TPSA) is 47.7 Å². The first kappa shape index (κ1) is 14.2. The minimum atomic E-state index is 0.136. The van der Waals surface area contributed by atoms with Crippen molar-refractivity contribution >= 4 is 5.69 Å². The van der Waals surface area contributed by atoms with Crippen molar-refractivity contribution in [2.45, 2.75) is 32.9 Å². The van der Waals surface area contributed by atoms with Crippen molar-refractivity contribution in [1.29, 1.82) is 0 Å². The molecule has 4 heteroatoms. The normalized spacial score (nSPS) is 20.7. The fourth-order valence-electron chi connectivity index (χ4n) is 2.27. The third-order valence-corrected chi connectivity index (χ3v) is 3.54. The van der Waals surface area contributed by atoms with Crippen molar-refractivity contribution in [3.8, 4) is 5.75 Å². The van der Waals surface area contributed by atoms with E-state index in [2.05, 4.69) is 18.7 Å². The van der Waals surface area contributed by atoms with E-state index < -0.39 is 0 Å². The minimum absolute atomic E-state index is 0.136. The van der Waals surface area contributed by atoms with Gasteiger partial charge in [0.1, 0.15) is 18.5 Å². The number of aryl methyl sites for hydroxylation is 1. The van der Waals surface area contributed by atoms with Crippen LogP contribution in [-0.4, -0.2) is 43.3 Å². The Hall–Kier alpha value is -1.26. The SMILES string of the molecule is Cc1ccc(N)cc1OCC1CN(C(C)C)CCO1. The van der Waals surface area contributed by atoms with Crippen LogP contribution in [-0.2, 0) is 4.74 Å². The highest BCUT2D eigenvalue weighted by Gasteiger charge is 2.22. The summed E-state index contributed by atoms with van der Waals surface area (Å²) >= 11 is 0. The summed E-state index contributed by atoms with van der Waals surface area (Å²) < 4.78 is 11.6. The van der Waals surface area contributed by atoms with Gasteiger partial charge in [0, 0.05) is 30.9 Å². The Morgan fingerprint density at radius 1 is 1.47 bits per heavy atom. The van der Waals surface area contributed by atoms with Gasteiger partial charge in [-0.3, -0.25) is 4.90 Å². The number of rotatable bonds is 4. The molecule has 0 aliphatic carbocycles. The van der Waals surface area contributed by atoms with Crippen LogP contribution >= 0.6 is 0 Å². The molecule has 4 nitrogen and oxygen atoms in total. The zero-order chi connectivity index (χ0) is 13.8. The lowest BCUT2D eigenvalue weighted by molar-refractivity contribution is -0.0565. The van der Waals surface area contributed by atoms with Crippen molar-refractivity contribution < 1.29 is 9.47 Å². The summed E-state index contributed by atoms with van der Waals surface area (Å²) in [6.07, 6.45) is 0.136. The molecule has 1 aromatic rings. The van der Waals surface area contributed by atoms with Gasteiger partial charge in [0.25, 0.3) is 0 Å². The monoisotopic (exact) mass is 264 g/mol. The van der Waals surface area contributed by atoms with E-state index in [9.17, 15) is 0 Å². The maximum absolute atomic E-state index is 5.85. The van der Waals surface area contributed by atoms with Gasteiger partial charge in [-0.15, -0.1) is 0 Å². The molecule has 1 aromatic carbocycles. The Bertz CT molecular complexity index is 421. The molecule has 1 saturated heterocycles. The summed E-state index contributed by atoms with van der Waals surface area (Å²) in [4.78, 5) is 2.42. The van der Waals surface area contributed by atoms with Gasteiger partial charge in [-0.05, 0) is 32.4 Å². The molecule has 106 valence electrons. The number of anilines is 1. The van der Waals surface area contributed by atoms with Crippen LogP contribution in [0.4, 0.5) is 5.69 Å². The average Bonchev–Trinajstić information content (AvgIpc) is 2.40. The molecule has 1 fully saturated rings. The van der Waals surface area contributed by atoms with E-state index in [0.29, 0.717) is 12.6 Å². The summed E-state index contributed by atoms with van der Waals surface area (Å²) in [5.41, 5.74) is 7.61. The maximum atomic E-state index is 5.85. The number of nitrogens with two attached hydrogens (primary N) is 1. The molecule has 2 N–H and O–H groups in total. The molecular formula is C15H24N2O2. The second-order valence-corrected chi connectivity index (χ2v) is 5.42. The van der Waals surface area contributed by atoms with Crippen LogP contribution < -0.4 is 10.5 Å². The van der Waals surface area contributed by atoms with Crippen LogP contribution in [0.25, 0.3) is 0 Å². The van der Waals surface area contributed by atoms with Gasteiger partial charge in [-0.2, -0.15) is 0 Å². The Labute approximate surface area is 115 Å². The van der Waals surface area contributed by atoms with Crippen molar-refractivity contribution in [3.63, 3.8) is 0 Å². The zero-order valence-electron chi connectivity index (χ0n) is 12.1. The molecule has 0 aromatic heterocycles. The fraction of sp³-hybridized carbons (Fsp3) is 0.600. The van der Waals surface area contributed by atoms with Gasteiger partial charge >= 0.3 is 0 Å². The molecule has 1 atom stereocenters.